The van der Waals surface area contributed by atoms with Crippen molar-refractivity contribution in [1.29, 1.82) is 0 Å². The molecule has 7 heteroatoms. The first-order valence-electron chi connectivity index (χ1n) is 7.35. The van der Waals surface area contributed by atoms with Crippen LogP contribution in [0.2, 0.25) is 0 Å². The number of amides is 2. The molecule has 0 aromatic heterocycles. The van der Waals surface area contributed by atoms with Gasteiger partial charge in [0.1, 0.15) is 0 Å². The zero-order valence-corrected chi connectivity index (χ0v) is 12.1. The van der Waals surface area contributed by atoms with E-state index in [2.05, 4.69) is 10.6 Å². The second kappa shape index (κ2) is 7.00. The Labute approximate surface area is 127 Å². The van der Waals surface area contributed by atoms with E-state index >= 15 is 0 Å². The molecule has 0 saturated heterocycles. The highest BCUT2D eigenvalue weighted by Crippen LogP contribution is 2.30. The van der Waals surface area contributed by atoms with Crippen LogP contribution in [0.5, 0.6) is 0 Å². The summed E-state index contributed by atoms with van der Waals surface area (Å²) in [4.78, 5) is 12.0. The van der Waals surface area contributed by atoms with E-state index < -0.39 is 17.8 Å². The minimum absolute atomic E-state index is 0.0236. The molecule has 1 saturated carbocycles. The summed E-state index contributed by atoms with van der Waals surface area (Å²) in [6, 6.07) is 4.06. The molecule has 22 heavy (non-hydrogen) atoms. The molecule has 2 rings (SSSR count). The summed E-state index contributed by atoms with van der Waals surface area (Å²) in [5, 5.41) is 5.27. The first-order valence-corrected chi connectivity index (χ1v) is 7.35. The molecule has 0 spiro atoms. The molecule has 1 aromatic carbocycles. The van der Waals surface area contributed by atoms with Crippen molar-refractivity contribution < 1.29 is 18.0 Å². The van der Waals surface area contributed by atoms with E-state index in [0.29, 0.717) is 6.54 Å². The van der Waals surface area contributed by atoms with Gasteiger partial charge in [-0.3, -0.25) is 0 Å². The van der Waals surface area contributed by atoms with Crippen molar-refractivity contribution in [1.82, 2.24) is 5.32 Å². The third-order valence-electron chi connectivity index (χ3n) is 3.98. The predicted molar refractivity (Wildman–Crippen MR) is 78.4 cm³/mol. The average molecular weight is 315 g/mol. The summed E-state index contributed by atoms with van der Waals surface area (Å²) >= 11 is 0. The van der Waals surface area contributed by atoms with Gasteiger partial charge in [-0.1, -0.05) is 18.9 Å². The predicted octanol–water partition coefficient (Wildman–Crippen LogP) is 3.34. The maximum atomic E-state index is 12.6. The molecule has 122 valence electrons. The minimum Gasteiger partial charge on any atom is -0.335 e. The van der Waals surface area contributed by atoms with Crippen LogP contribution in [-0.4, -0.2) is 18.6 Å². The number of urea groups is 1. The van der Waals surface area contributed by atoms with Crippen molar-refractivity contribution in [3.63, 3.8) is 0 Å². The Kier molecular flexibility index (Phi) is 5.28. The highest BCUT2D eigenvalue weighted by atomic mass is 19.4. The molecular weight excluding hydrogens is 295 g/mol. The van der Waals surface area contributed by atoms with E-state index in [1.165, 1.54) is 12.1 Å². The van der Waals surface area contributed by atoms with Crippen molar-refractivity contribution in [2.75, 3.05) is 11.9 Å². The van der Waals surface area contributed by atoms with Gasteiger partial charge in [-0.05, 0) is 43.5 Å². The first kappa shape index (κ1) is 16.6. The van der Waals surface area contributed by atoms with Crippen molar-refractivity contribution in [3.8, 4) is 0 Å². The minimum atomic E-state index is -4.43. The van der Waals surface area contributed by atoms with Gasteiger partial charge in [-0.2, -0.15) is 13.2 Å². The third-order valence-corrected chi connectivity index (χ3v) is 3.98. The number of carbonyl (C=O) groups excluding carboxylic acids is 1. The van der Waals surface area contributed by atoms with Crippen LogP contribution in [0, 0.1) is 5.92 Å². The Bertz CT molecular complexity index is 519. The van der Waals surface area contributed by atoms with E-state index in [9.17, 15) is 18.0 Å². The summed E-state index contributed by atoms with van der Waals surface area (Å²) in [6.07, 6.45) is -0.509. The Morgan fingerprint density at radius 3 is 2.68 bits per heavy atom. The Balaban J connectivity index is 1.97. The summed E-state index contributed by atoms with van der Waals surface area (Å²) in [5.74, 6) is 0.223. The van der Waals surface area contributed by atoms with Gasteiger partial charge < -0.3 is 16.4 Å². The van der Waals surface area contributed by atoms with Crippen LogP contribution >= 0.6 is 0 Å². The molecule has 2 atom stereocenters. The number of nitrogens with two attached hydrogens (primary N) is 1. The molecular formula is C15H20F3N3O. The normalized spacial score (nSPS) is 22.2. The highest BCUT2D eigenvalue weighted by molar-refractivity contribution is 5.89. The number of alkyl halides is 3. The summed E-state index contributed by atoms with van der Waals surface area (Å²) in [7, 11) is 0. The van der Waals surface area contributed by atoms with E-state index in [1.807, 2.05) is 0 Å². The van der Waals surface area contributed by atoms with E-state index in [0.717, 1.165) is 37.8 Å². The van der Waals surface area contributed by atoms with Crippen LogP contribution in [0.15, 0.2) is 24.3 Å². The SMILES string of the molecule is NCC1CCCCC1NC(=O)Nc1cccc(C(F)(F)F)c1. The Hall–Kier alpha value is -1.76. The lowest BCUT2D eigenvalue weighted by molar-refractivity contribution is -0.137. The number of rotatable bonds is 3. The quantitative estimate of drug-likeness (QED) is 0.801. The fourth-order valence-electron chi connectivity index (χ4n) is 2.79. The molecule has 4 N–H and O–H groups in total. The van der Waals surface area contributed by atoms with Crippen LogP contribution in [0.1, 0.15) is 31.2 Å². The van der Waals surface area contributed by atoms with Gasteiger partial charge in [-0.25, -0.2) is 4.79 Å². The molecule has 0 aliphatic heterocycles. The lowest BCUT2D eigenvalue weighted by Crippen LogP contribution is -2.46. The maximum absolute atomic E-state index is 12.6. The molecule has 2 amide bonds. The van der Waals surface area contributed by atoms with Crippen LogP contribution < -0.4 is 16.4 Å². The Morgan fingerprint density at radius 1 is 1.27 bits per heavy atom. The van der Waals surface area contributed by atoms with Crippen LogP contribution in [0.4, 0.5) is 23.7 Å². The van der Waals surface area contributed by atoms with Crippen molar-refractivity contribution in [3.05, 3.63) is 29.8 Å². The van der Waals surface area contributed by atoms with Gasteiger partial charge in [0, 0.05) is 11.7 Å². The summed E-state index contributed by atoms with van der Waals surface area (Å²) < 4.78 is 37.9. The standard InChI is InChI=1S/C15H20F3N3O/c16-15(17,18)11-5-3-6-12(8-11)20-14(22)21-13-7-2-1-4-10(13)9-19/h3,5-6,8,10,13H,1-2,4,7,9,19H2,(H2,20,21,22). The number of halogens is 3. The molecule has 1 aliphatic carbocycles. The van der Waals surface area contributed by atoms with E-state index in [4.69, 9.17) is 5.73 Å². The smallest absolute Gasteiger partial charge is 0.335 e. The second-order valence-electron chi connectivity index (χ2n) is 5.56. The molecule has 1 fully saturated rings. The van der Waals surface area contributed by atoms with Gasteiger partial charge in [-0.15, -0.1) is 0 Å². The van der Waals surface area contributed by atoms with Crippen molar-refractivity contribution >= 4 is 11.7 Å². The van der Waals surface area contributed by atoms with E-state index in [-0.39, 0.29) is 17.6 Å². The Morgan fingerprint density at radius 2 is 2.00 bits per heavy atom. The number of carbonyl (C=O) groups is 1. The number of hydrogen-bond donors (Lipinski definition) is 3. The van der Waals surface area contributed by atoms with Gasteiger partial charge in [0.15, 0.2) is 0 Å². The second-order valence-corrected chi connectivity index (χ2v) is 5.56. The zero-order chi connectivity index (χ0) is 16.2. The fraction of sp³-hybridized carbons (Fsp3) is 0.533. The van der Waals surface area contributed by atoms with Gasteiger partial charge in [0.2, 0.25) is 0 Å². The summed E-state index contributed by atoms with van der Waals surface area (Å²) in [6.45, 7) is 0.495. The number of benzene rings is 1. The van der Waals surface area contributed by atoms with E-state index in [1.54, 1.807) is 0 Å². The van der Waals surface area contributed by atoms with Gasteiger partial charge in [0.05, 0.1) is 5.56 Å². The number of hydrogen-bond acceptors (Lipinski definition) is 2. The van der Waals surface area contributed by atoms with Gasteiger partial charge >= 0.3 is 12.2 Å². The van der Waals surface area contributed by atoms with Crippen LogP contribution in [0.3, 0.4) is 0 Å². The average Bonchev–Trinajstić information content (AvgIpc) is 2.47. The lowest BCUT2D eigenvalue weighted by Gasteiger charge is -2.31. The molecule has 0 bridgehead atoms. The zero-order valence-electron chi connectivity index (χ0n) is 12.1. The topological polar surface area (TPSA) is 67.1 Å². The first-order chi connectivity index (χ1) is 10.4. The molecule has 4 nitrogen and oxygen atoms in total. The van der Waals surface area contributed by atoms with Crippen LogP contribution in [0.25, 0.3) is 0 Å². The molecule has 0 radical (unpaired) electrons. The van der Waals surface area contributed by atoms with Gasteiger partial charge in [0.25, 0.3) is 0 Å². The maximum Gasteiger partial charge on any atom is 0.416 e. The largest absolute Gasteiger partial charge is 0.416 e. The van der Waals surface area contributed by atoms with Crippen LogP contribution in [-0.2, 0) is 6.18 Å². The van der Waals surface area contributed by atoms with Crippen molar-refractivity contribution in [2.24, 2.45) is 11.7 Å². The molecule has 2 unspecified atom stereocenters. The molecule has 1 aliphatic rings. The third kappa shape index (κ3) is 4.37. The monoisotopic (exact) mass is 315 g/mol. The summed E-state index contributed by atoms with van der Waals surface area (Å²) in [5.41, 5.74) is 5.02. The number of nitrogens with one attached hydrogen (secondary N) is 2. The number of anilines is 1. The lowest BCUT2D eigenvalue weighted by atomic mass is 9.84. The molecule has 1 aromatic rings. The fourth-order valence-corrected chi connectivity index (χ4v) is 2.79. The molecule has 0 heterocycles. The highest BCUT2D eigenvalue weighted by Gasteiger charge is 2.30. The van der Waals surface area contributed by atoms with Crippen molar-refractivity contribution in [2.45, 2.75) is 37.9 Å².